The van der Waals surface area contributed by atoms with E-state index in [0.29, 0.717) is 17.9 Å². The van der Waals surface area contributed by atoms with Gasteiger partial charge in [0.15, 0.2) is 0 Å². The predicted octanol–water partition coefficient (Wildman–Crippen LogP) is 2.54. The minimum Gasteiger partial charge on any atom is -0.465 e. The number of benzene rings is 1. The lowest BCUT2D eigenvalue weighted by Gasteiger charge is -2.24. The molecule has 0 fully saturated rings. The molecule has 1 aromatic rings. The molecule has 1 rings (SSSR count). The number of allylic oxidation sites excluding steroid dienone is 1. The van der Waals surface area contributed by atoms with Gasteiger partial charge < -0.3 is 20.2 Å². The lowest BCUT2D eigenvalue weighted by Crippen LogP contribution is -2.32. The highest BCUT2D eigenvalue weighted by Gasteiger charge is 2.16. The third-order valence-electron chi connectivity index (χ3n) is 3.79. The highest BCUT2D eigenvalue weighted by Crippen LogP contribution is 2.18. The van der Waals surface area contributed by atoms with Crippen molar-refractivity contribution < 1.29 is 14.3 Å². The Bertz CT molecular complexity index is 553. The molecule has 134 valence electrons. The molecule has 0 radical (unpaired) electrons. The van der Waals surface area contributed by atoms with Crippen molar-refractivity contribution in [3.05, 3.63) is 46.8 Å². The molecule has 0 bridgehead atoms. The molecule has 6 heteroatoms. The summed E-state index contributed by atoms with van der Waals surface area (Å²) in [6, 6.07) is 7.14. The summed E-state index contributed by atoms with van der Waals surface area (Å²) in [5.74, 6) is 5.53. The van der Waals surface area contributed by atoms with E-state index in [0.717, 1.165) is 30.5 Å². The van der Waals surface area contributed by atoms with E-state index in [1.54, 1.807) is 24.2 Å². The number of carbonyl (C=O) groups excluding carboxylic acids is 1. The lowest BCUT2D eigenvalue weighted by atomic mass is 10.1. The maximum atomic E-state index is 11.4. The second-order valence-corrected chi connectivity index (χ2v) is 5.66. The van der Waals surface area contributed by atoms with Crippen molar-refractivity contribution >= 4 is 5.97 Å². The first-order valence-electron chi connectivity index (χ1n) is 8.20. The average molecular weight is 335 g/mol. The number of hydrogen-bond acceptors (Lipinski definition) is 6. The Morgan fingerprint density at radius 3 is 2.33 bits per heavy atom. The first-order valence-corrected chi connectivity index (χ1v) is 8.20. The SMILES string of the molecule is CCC/C(=C(/N)C(CC)OCc1ccc(C(=O)OC)cc1)N(C)N. The Balaban J connectivity index is 2.78. The Morgan fingerprint density at radius 2 is 1.88 bits per heavy atom. The van der Waals surface area contributed by atoms with Crippen LogP contribution in [0.15, 0.2) is 35.7 Å². The van der Waals surface area contributed by atoms with Crippen LogP contribution in [0.4, 0.5) is 0 Å². The number of nitrogens with two attached hydrogens (primary N) is 2. The second kappa shape index (κ2) is 9.95. The standard InChI is InChI=1S/C18H29N3O3/c1-5-7-15(21(3)20)17(19)16(6-2)24-12-13-8-10-14(11-9-13)18(22)23-4/h8-11,16H,5-7,12,19-20H2,1-4H3/b17-15-. The highest BCUT2D eigenvalue weighted by atomic mass is 16.5. The van der Waals surface area contributed by atoms with E-state index in [1.807, 2.05) is 19.1 Å². The van der Waals surface area contributed by atoms with Crippen LogP contribution in [0.25, 0.3) is 0 Å². The number of hydrazine groups is 1. The Labute approximate surface area is 144 Å². The van der Waals surface area contributed by atoms with Crippen LogP contribution in [0.1, 0.15) is 49.0 Å². The number of rotatable bonds is 9. The van der Waals surface area contributed by atoms with Crippen LogP contribution in [0.3, 0.4) is 0 Å². The first-order chi connectivity index (χ1) is 11.4. The summed E-state index contributed by atoms with van der Waals surface area (Å²) in [4.78, 5) is 11.4. The van der Waals surface area contributed by atoms with Gasteiger partial charge in [-0.1, -0.05) is 32.4 Å². The van der Waals surface area contributed by atoms with Crippen LogP contribution < -0.4 is 11.6 Å². The molecule has 1 atom stereocenters. The number of nitrogens with zero attached hydrogens (tertiary/aromatic N) is 1. The van der Waals surface area contributed by atoms with Crippen molar-refractivity contribution in [2.24, 2.45) is 11.6 Å². The summed E-state index contributed by atoms with van der Waals surface area (Å²) < 4.78 is 10.6. The maximum absolute atomic E-state index is 11.4. The quantitative estimate of drug-likeness (QED) is 0.409. The summed E-state index contributed by atoms with van der Waals surface area (Å²) in [5, 5.41) is 1.57. The van der Waals surface area contributed by atoms with E-state index in [4.69, 9.17) is 16.3 Å². The highest BCUT2D eigenvalue weighted by molar-refractivity contribution is 5.89. The summed E-state index contributed by atoms with van der Waals surface area (Å²) in [5.41, 5.74) is 9.34. The van der Waals surface area contributed by atoms with Crippen molar-refractivity contribution in [2.45, 2.75) is 45.8 Å². The zero-order valence-electron chi connectivity index (χ0n) is 15.0. The zero-order chi connectivity index (χ0) is 18.1. The Morgan fingerprint density at radius 1 is 1.25 bits per heavy atom. The molecule has 0 saturated carbocycles. The number of hydrogen-bond donors (Lipinski definition) is 2. The molecule has 0 saturated heterocycles. The Kier molecular flexibility index (Phi) is 8.29. The van der Waals surface area contributed by atoms with Gasteiger partial charge in [0.25, 0.3) is 0 Å². The fraction of sp³-hybridized carbons (Fsp3) is 0.500. The van der Waals surface area contributed by atoms with Crippen molar-refractivity contribution in [1.82, 2.24) is 5.01 Å². The van der Waals surface area contributed by atoms with Gasteiger partial charge in [-0.3, -0.25) is 0 Å². The topological polar surface area (TPSA) is 90.8 Å². The summed E-state index contributed by atoms with van der Waals surface area (Å²) in [6.45, 7) is 4.52. The second-order valence-electron chi connectivity index (χ2n) is 5.66. The molecule has 0 amide bonds. The van der Waals surface area contributed by atoms with Crippen molar-refractivity contribution in [3.63, 3.8) is 0 Å². The van der Waals surface area contributed by atoms with Gasteiger partial charge in [-0.25, -0.2) is 10.6 Å². The van der Waals surface area contributed by atoms with E-state index in [1.165, 1.54) is 7.11 Å². The smallest absolute Gasteiger partial charge is 0.337 e. The summed E-state index contributed by atoms with van der Waals surface area (Å²) >= 11 is 0. The van der Waals surface area contributed by atoms with Crippen molar-refractivity contribution in [1.29, 1.82) is 0 Å². The van der Waals surface area contributed by atoms with Gasteiger partial charge in [-0.15, -0.1) is 0 Å². The van der Waals surface area contributed by atoms with Gasteiger partial charge in [0.05, 0.1) is 36.8 Å². The van der Waals surface area contributed by atoms with E-state index < -0.39 is 0 Å². The molecule has 0 aliphatic carbocycles. The molecule has 4 N–H and O–H groups in total. The molecule has 1 unspecified atom stereocenters. The monoisotopic (exact) mass is 335 g/mol. The molecule has 0 spiro atoms. The molecule has 0 aliphatic heterocycles. The maximum Gasteiger partial charge on any atom is 0.337 e. The first kappa shape index (κ1) is 20.0. The van der Waals surface area contributed by atoms with E-state index in [2.05, 4.69) is 11.7 Å². The molecule has 6 nitrogen and oxygen atoms in total. The minimum absolute atomic E-state index is 0.196. The fourth-order valence-electron chi connectivity index (χ4n) is 2.43. The van der Waals surface area contributed by atoms with Gasteiger partial charge in [-0.2, -0.15) is 0 Å². The third-order valence-corrected chi connectivity index (χ3v) is 3.79. The Hall–Kier alpha value is -2.05. The van der Waals surface area contributed by atoms with Crippen LogP contribution in [0.2, 0.25) is 0 Å². The summed E-state index contributed by atoms with van der Waals surface area (Å²) in [7, 11) is 3.15. The largest absolute Gasteiger partial charge is 0.465 e. The van der Waals surface area contributed by atoms with E-state index in [9.17, 15) is 4.79 Å². The van der Waals surface area contributed by atoms with Crippen LogP contribution in [0, 0.1) is 0 Å². The van der Waals surface area contributed by atoms with Gasteiger partial charge in [-0.05, 0) is 30.5 Å². The van der Waals surface area contributed by atoms with Crippen LogP contribution >= 0.6 is 0 Å². The van der Waals surface area contributed by atoms with Crippen LogP contribution in [-0.2, 0) is 16.1 Å². The fourth-order valence-corrected chi connectivity index (χ4v) is 2.43. The minimum atomic E-state index is -0.351. The van der Waals surface area contributed by atoms with Crippen molar-refractivity contribution in [3.8, 4) is 0 Å². The molecule has 24 heavy (non-hydrogen) atoms. The van der Waals surface area contributed by atoms with E-state index >= 15 is 0 Å². The molecular formula is C18H29N3O3. The van der Waals surface area contributed by atoms with Crippen LogP contribution in [-0.4, -0.2) is 31.2 Å². The molecule has 0 aromatic heterocycles. The number of methoxy groups -OCH3 is 1. The third kappa shape index (κ3) is 5.54. The molecule has 0 aliphatic rings. The van der Waals surface area contributed by atoms with Gasteiger partial charge >= 0.3 is 5.97 Å². The zero-order valence-corrected chi connectivity index (χ0v) is 15.0. The summed E-state index contributed by atoms with van der Waals surface area (Å²) in [6.07, 6.45) is 2.33. The van der Waals surface area contributed by atoms with Crippen LogP contribution in [0.5, 0.6) is 0 Å². The lowest BCUT2D eigenvalue weighted by molar-refractivity contribution is 0.0581. The molecular weight excluding hydrogens is 306 g/mol. The number of ether oxygens (including phenoxy) is 2. The molecule has 1 aromatic carbocycles. The van der Waals surface area contributed by atoms with Gasteiger partial charge in [0, 0.05) is 7.05 Å². The number of esters is 1. The molecule has 0 heterocycles. The van der Waals surface area contributed by atoms with Gasteiger partial charge in [0.1, 0.15) is 0 Å². The average Bonchev–Trinajstić information content (AvgIpc) is 2.59. The van der Waals surface area contributed by atoms with E-state index in [-0.39, 0.29) is 12.1 Å². The van der Waals surface area contributed by atoms with Gasteiger partial charge in [0.2, 0.25) is 0 Å². The number of carbonyl (C=O) groups is 1. The normalized spacial score (nSPS) is 13.2. The predicted molar refractivity (Wildman–Crippen MR) is 94.7 cm³/mol. The van der Waals surface area contributed by atoms with Crippen molar-refractivity contribution in [2.75, 3.05) is 14.2 Å².